The van der Waals surface area contributed by atoms with Gasteiger partial charge >= 0.3 is 0 Å². The first-order valence-electron chi connectivity index (χ1n) is 6.94. The van der Waals surface area contributed by atoms with E-state index in [-0.39, 0.29) is 23.8 Å². The maximum Gasteiger partial charge on any atom is 0.224 e. The van der Waals surface area contributed by atoms with E-state index in [4.69, 9.17) is 10.5 Å². The predicted octanol–water partition coefficient (Wildman–Crippen LogP) is 1.12. The lowest BCUT2D eigenvalue weighted by atomic mass is 10.0. The molecule has 0 bridgehead atoms. The third-order valence-electron chi connectivity index (χ3n) is 3.03. The maximum absolute atomic E-state index is 11.7. The molecule has 0 aliphatic heterocycles. The monoisotopic (exact) mass is 293 g/mol. The van der Waals surface area contributed by atoms with Crippen molar-refractivity contribution in [2.75, 3.05) is 18.5 Å². The molecule has 0 spiro atoms. The normalized spacial score (nSPS) is 13.1. The van der Waals surface area contributed by atoms with Crippen LogP contribution in [0.5, 0.6) is 5.75 Å². The molecule has 116 valence electrons. The van der Waals surface area contributed by atoms with Crippen LogP contribution < -0.4 is 21.1 Å². The van der Waals surface area contributed by atoms with Gasteiger partial charge in [-0.2, -0.15) is 0 Å². The third-order valence-corrected chi connectivity index (χ3v) is 3.03. The Morgan fingerprint density at radius 2 is 2.05 bits per heavy atom. The largest absolute Gasteiger partial charge is 0.492 e. The molecule has 1 aromatic carbocycles. The molecule has 0 heterocycles. The van der Waals surface area contributed by atoms with Crippen molar-refractivity contribution >= 4 is 17.5 Å². The third kappa shape index (κ3) is 6.27. The van der Waals surface area contributed by atoms with E-state index in [1.807, 2.05) is 0 Å². The molecule has 0 saturated carbocycles. The van der Waals surface area contributed by atoms with Crippen molar-refractivity contribution in [1.29, 1.82) is 0 Å². The molecule has 2 amide bonds. The summed E-state index contributed by atoms with van der Waals surface area (Å²) in [4.78, 5) is 22.6. The molecule has 6 heteroatoms. The number of carbonyl (C=O) groups excluding carboxylic acids is 2. The fourth-order valence-electron chi connectivity index (χ4n) is 1.61. The molecule has 6 nitrogen and oxygen atoms in total. The van der Waals surface area contributed by atoms with Gasteiger partial charge in [-0.15, -0.1) is 0 Å². The zero-order chi connectivity index (χ0) is 15.8. The predicted molar refractivity (Wildman–Crippen MR) is 82.1 cm³/mol. The van der Waals surface area contributed by atoms with Gasteiger partial charge in [-0.25, -0.2) is 0 Å². The minimum Gasteiger partial charge on any atom is -0.492 e. The summed E-state index contributed by atoms with van der Waals surface area (Å²) in [5.74, 6) is 0.189. The lowest BCUT2D eigenvalue weighted by Crippen LogP contribution is -2.40. The van der Waals surface area contributed by atoms with Crippen LogP contribution >= 0.6 is 0 Å². The molecule has 2 atom stereocenters. The van der Waals surface area contributed by atoms with Crippen LogP contribution in [0.4, 0.5) is 5.69 Å². The molecule has 1 rings (SSSR count). The number of amides is 2. The standard InChI is InChI=1S/C15H23N3O3/c1-10(11(2)16)15(20)17-7-8-21-14-6-4-5-13(9-14)18-12(3)19/h4-6,9-11H,7-8,16H2,1-3H3,(H,17,20)(H,18,19). The number of rotatable bonds is 7. The Morgan fingerprint density at radius 1 is 1.33 bits per heavy atom. The fraction of sp³-hybridized carbons (Fsp3) is 0.467. The highest BCUT2D eigenvalue weighted by Gasteiger charge is 2.16. The first-order chi connectivity index (χ1) is 9.90. The van der Waals surface area contributed by atoms with Crippen molar-refractivity contribution in [2.45, 2.75) is 26.8 Å². The van der Waals surface area contributed by atoms with Gasteiger partial charge in [0.25, 0.3) is 0 Å². The molecule has 21 heavy (non-hydrogen) atoms. The topological polar surface area (TPSA) is 93.5 Å². The Bertz CT molecular complexity index is 489. The van der Waals surface area contributed by atoms with Gasteiger partial charge in [0.1, 0.15) is 12.4 Å². The fourth-order valence-corrected chi connectivity index (χ4v) is 1.61. The number of nitrogens with two attached hydrogens (primary N) is 1. The van der Waals surface area contributed by atoms with Crippen molar-refractivity contribution in [2.24, 2.45) is 11.7 Å². The second-order valence-corrected chi connectivity index (χ2v) is 5.00. The van der Waals surface area contributed by atoms with Gasteiger partial charge in [-0.1, -0.05) is 13.0 Å². The van der Waals surface area contributed by atoms with Crippen molar-refractivity contribution in [3.8, 4) is 5.75 Å². The zero-order valence-electron chi connectivity index (χ0n) is 12.7. The quantitative estimate of drug-likeness (QED) is 0.657. The number of ether oxygens (including phenoxy) is 1. The summed E-state index contributed by atoms with van der Waals surface area (Å²) in [5, 5.41) is 5.45. The average Bonchev–Trinajstić information content (AvgIpc) is 2.42. The van der Waals surface area contributed by atoms with Crippen molar-refractivity contribution in [1.82, 2.24) is 5.32 Å². The molecule has 0 saturated heterocycles. The lowest BCUT2D eigenvalue weighted by molar-refractivity contribution is -0.125. The summed E-state index contributed by atoms with van der Waals surface area (Å²) in [7, 11) is 0. The zero-order valence-corrected chi connectivity index (χ0v) is 12.7. The summed E-state index contributed by atoms with van der Waals surface area (Å²) >= 11 is 0. The van der Waals surface area contributed by atoms with E-state index >= 15 is 0 Å². The summed E-state index contributed by atoms with van der Waals surface area (Å²) in [6.07, 6.45) is 0. The Hall–Kier alpha value is -2.08. The molecule has 0 fully saturated rings. The molecular formula is C15H23N3O3. The molecule has 1 aromatic rings. The van der Waals surface area contributed by atoms with Crippen LogP contribution in [0.3, 0.4) is 0 Å². The number of hydrogen-bond donors (Lipinski definition) is 3. The average molecular weight is 293 g/mol. The Balaban J connectivity index is 2.36. The van der Waals surface area contributed by atoms with E-state index in [1.165, 1.54) is 6.92 Å². The summed E-state index contributed by atoms with van der Waals surface area (Å²) in [6.45, 7) is 5.79. The maximum atomic E-state index is 11.7. The van der Waals surface area contributed by atoms with Crippen LogP contribution in [0.2, 0.25) is 0 Å². The van der Waals surface area contributed by atoms with Gasteiger partial charge in [-0.05, 0) is 19.1 Å². The lowest BCUT2D eigenvalue weighted by Gasteiger charge is -2.15. The van der Waals surface area contributed by atoms with Gasteiger partial charge in [0.15, 0.2) is 0 Å². The van der Waals surface area contributed by atoms with Crippen molar-refractivity contribution in [3.05, 3.63) is 24.3 Å². The smallest absolute Gasteiger partial charge is 0.224 e. The van der Waals surface area contributed by atoms with Crippen molar-refractivity contribution < 1.29 is 14.3 Å². The Labute approximate surface area is 125 Å². The van der Waals surface area contributed by atoms with Crippen molar-refractivity contribution in [3.63, 3.8) is 0 Å². The number of nitrogens with one attached hydrogen (secondary N) is 2. The summed E-state index contributed by atoms with van der Waals surface area (Å²) < 4.78 is 5.52. The highest BCUT2D eigenvalue weighted by atomic mass is 16.5. The minimum atomic E-state index is -0.229. The number of benzene rings is 1. The highest BCUT2D eigenvalue weighted by Crippen LogP contribution is 2.17. The summed E-state index contributed by atoms with van der Waals surface area (Å²) in [6, 6.07) is 6.91. The van der Waals surface area contributed by atoms with Gasteiger partial charge < -0.3 is 21.1 Å². The molecule has 2 unspecified atom stereocenters. The number of anilines is 1. The van der Waals surface area contributed by atoms with Gasteiger partial charge in [0.05, 0.1) is 6.54 Å². The summed E-state index contributed by atoms with van der Waals surface area (Å²) in [5.41, 5.74) is 6.34. The first kappa shape index (κ1) is 17.0. The van der Waals surface area contributed by atoms with Crippen LogP contribution in [0.1, 0.15) is 20.8 Å². The van der Waals surface area contributed by atoms with E-state index in [2.05, 4.69) is 10.6 Å². The van der Waals surface area contributed by atoms with Crippen LogP contribution in [0.25, 0.3) is 0 Å². The molecular weight excluding hydrogens is 270 g/mol. The molecule has 0 aliphatic carbocycles. The van der Waals surface area contributed by atoms with E-state index in [9.17, 15) is 9.59 Å². The SMILES string of the molecule is CC(=O)Nc1cccc(OCCNC(=O)C(C)C(C)N)c1. The second-order valence-electron chi connectivity index (χ2n) is 5.00. The molecule has 0 aromatic heterocycles. The van der Waals surface area contributed by atoms with E-state index in [1.54, 1.807) is 38.1 Å². The number of hydrogen-bond acceptors (Lipinski definition) is 4. The van der Waals surface area contributed by atoms with Crippen LogP contribution in [-0.4, -0.2) is 31.0 Å². The Kier molecular flexibility index (Phi) is 6.68. The van der Waals surface area contributed by atoms with E-state index in [0.29, 0.717) is 24.6 Å². The molecule has 4 N–H and O–H groups in total. The van der Waals surface area contributed by atoms with Crippen LogP contribution in [0.15, 0.2) is 24.3 Å². The minimum absolute atomic E-state index is 0.0828. The highest BCUT2D eigenvalue weighted by molar-refractivity contribution is 5.88. The van der Waals surface area contributed by atoms with Gasteiger partial charge in [0.2, 0.25) is 11.8 Å². The van der Waals surface area contributed by atoms with Gasteiger partial charge in [-0.3, -0.25) is 9.59 Å². The van der Waals surface area contributed by atoms with Gasteiger partial charge in [0, 0.05) is 30.6 Å². The molecule has 0 radical (unpaired) electrons. The first-order valence-corrected chi connectivity index (χ1v) is 6.94. The van der Waals surface area contributed by atoms with E-state index in [0.717, 1.165) is 0 Å². The second kappa shape index (κ2) is 8.26. The van der Waals surface area contributed by atoms with Crippen LogP contribution in [0, 0.1) is 5.92 Å². The molecule has 0 aliphatic rings. The van der Waals surface area contributed by atoms with Crippen LogP contribution in [-0.2, 0) is 9.59 Å². The van der Waals surface area contributed by atoms with E-state index < -0.39 is 0 Å². The Morgan fingerprint density at radius 3 is 2.67 bits per heavy atom. The number of carbonyl (C=O) groups is 2.